The van der Waals surface area contributed by atoms with Gasteiger partial charge < -0.3 is 11.1 Å². The van der Waals surface area contributed by atoms with Crippen LogP contribution < -0.4 is 11.1 Å². The van der Waals surface area contributed by atoms with E-state index in [1.807, 2.05) is 0 Å². The average Bonchev–Trinajstić information content (AvgIpc) is 2.59. The van der Waals surface area contributed by atoms with Crippen molar-refractivity contribution in [2.75, 3.05) is 13.1 Å². The third-order valence-electron chi connectivity index (χ3n) is 3.39. The van der Waals surface area contributed by atoms with E-state index in [-0.39, 0.29) is 0 Å². The highest BCUT2D eigenvalue weighted by Gasteiger charge is 2.26. The van der Waals surface area contributed by atoms with Crippen LogP contribution in [0.25, 0.3) is 0 Å². The number of unbranched alkanes of at least 4 members (excludes halogenated alkanes) is 3. The van der Waals surface area contributed by atoms with Crippen LogP contribution in [0.3, 0.4) is 0 Å². The lowest BCUT2D eigenvalue weighted by Crippen LogP contribution is -2.39. The molecule has 0 atom stereocenters. The van der Waals surface area contributed by atoms with Crippen molar-refractivity contribution in [3.8, 4) is 0 Å². The summed E-state index contributed by atoms with van der Waals surface area (Å²) >= 11 is 0. The molecule has 1 saturated carbocycles. The summed E-state index contributed by atoms with van der Waals surface area (Å²) in [5.74, 6) is 0. The zero-order valence-electron chi connectivity index (χ0n) is 9.65. The predicted octanol–water partition coefficient (Wildman–Crippen LogP) is 2.43. The van der Waals surface area contributed by atoms with Gasteiger partial charge in [-0.2, -0.15) is 0 Å². The molecule has 0 saturated heterocycles. The topological polar surface area (TPSA) is 38.0 Å². The highest BCUT2D eigenvalue weighted by molar-refractivity contribution is 4.87. The minimum absolute atomic E-state index is 0.466. The van der Waals surface area contributed by atoms with Gasteiger partial charge in [0.05, 0.1) is 0 Å². The zero-order chi connectivity index (χ0) is 10.3. The van der Waals surface area contributed by atoms with Crippen molar-refractivity contribution in [2.24, 2.45) is 5.73 Å². The van der Waals surface area contributed by atoms with Gasteiger partial charge in [0.15, 0.2) is 0 Å². The van der Waals surface area contributed by atoms with Crippen LogP contribution in [-0.4, -0.2) is 18.6 Å². The van der Waals surface area contributed by atoms with E-state index in [4.69, 9.17) is 5.73 Å². The maximum absolute atomic E-state index is 5.45. The van der Waals surface area contributed by atoms with Gasteiger partial charge in [-0.3, -0.25) is 0 Å². The molecule has 0 aromatic carbocycles. The van der Waals surface area contributed by atoms with Crippen LogP contribution in [0, 0.1) is 0 Å². The van der Waals surface area contributed by atoms with Crippen LogP contribution in [0.15, 0.2) is 0 Å². The van der Waals surface area contributed by atoms with Crippen molar-refractivity contribution >= 4 is 0 Å². The Morgan fingerprint density at radius 3 is 2.36 bits per heavy atom. The molecule has 0 amide bonds. The predicted molar refractivity (Wildman–Crippen MR) is 62.4 cm³/mol. The fourth-order valence-electron chi connectivity index (χ4n) is 2.35. The molecule has 0 aliphatic heterocycles. The lowest BCUT2D eigenvalue weighted by Gasteiger charge is -2.25. The highest BCUT2D eigenvalue weighted by atomic mass is 15.0. The van der Waals surface area contributed by atoms with Crippen molar-refractivity contribution < 1.29 is 0 Å². The van der Waals surface area contributed by atoms with E-state index in [0.717, 1.165) is 6.54 Å². The quantitative estimate of drug-likeness (QED) is 0.617. The lowest BCUT2D eigenvalue weighted by molar-refractivity contribution is 0.360. The molecule has 1 aliphatic rings. The zero-order valence-corrected chi connectivity index (χ0v) is 9.65. The first-order valence-electron chi connectivity index (χ1n) is 6.22. The van der Waals surface area contributed by atoms with Gasteiger partial charge in [-0.05, 0) is 45.7 Å². The fraction of sp³-hybridized carbons (Fsp3) is 1.00. The summed E-state index contributed by atoms with van der Waals surface area (Å²) in [5, 5.41) is 3.70. The molecular weight excluding hydrogens is 172 g/mol. The van der Waals surface area contributed by atoms with E-state index in [9.17, 15) is 0 Å². The van der Waals surface area contributed by atoms with E-state index >= 15 is 0 Å². The Morgan fingerprint density at radius 1 is 1.07 bits per heavy atom. The fourth-order valence-corrected chi connectivity index (χ4v) is 2.35. The Bertz CT molecular complexity index is 139. The summed E-state index contributed by atoms with van der Waals surface area (Å²) in [7, 11) is 0. The van der Waals surface area contributed by atoms with Crippen molar-refractivity contribution in [2.45, 2.75) is 63.8 Å². The van der Waals surface area contributed by atoms with Crippen LogP contribution in [0.5, 0.6) is 0 Å². The molecule has 0 heterocycles. The van der Waals surface area contributed by atoms with Gasteiger partial charge in [-0.1, -0.05) is 25.7 Å². The molecule has 2 nitrogen and oxygen atoms in total. The van der Waals surface area contributed by atoms with Gasteiger partial charge >= 0.3 is 0 Å². The smallest absolute Gasteiger partial charge is 0.0153 e. The largest absolute Gasteiger partial charge is 0.330 e. The van der Waals surface area contributed by atoms with Gasteiger partial charge in [-0.15, -0.1) is 0 Å². The van der Waals surface area contributed by atoms with Crippen LogP contribution >= 0.6 is 0 Å². The maximum Gasteiger partial charge on any atom is 0.0153 e. The third kappa shape index (κ3) is 4.43. The average molecular weight is 198 g/mol. The van der Waals surface area contributed by atoms with E-state index in [1.54, 1.807) is 0 Å². The van der Waals surface area contributed by atoms with Crippen LogP contribution in [0.4, 0.5) is 0 Å². The molecule has 3 N–H and O–H groups in total. The Morgan fingerprint density at radius 2 is 1.71 bits per heavy atom. The molecule has 1 aliphatic carbocycles. The summed E-state index contributed by atoms with van der Waals surface area (Å²) in [4.78, 5) is 0. The number of nitrogens with two attached hydrogens (primary N) is 1. The Labute approximate surface area is 88.6 Å². The molecule has 0 aromatic heterocycles. The summed E-state index contributed by atoms with van der Waals surface area (Å²) < 4.78 is 0. The van der Waals surface area contributed by atoms with Crippen molar-refractivity contribution in [3.05, 3.63) is 0 Å². The van der Waals surface area contributed by atoms with E-state index in [2.05, 4.69) is 12.2 Å². The van der Waals surface area contributed by atoms with Gasteiger partial charge in [-0.25, -0.2) is 0 Å². The maximum atomic E-state index is 5.45. The molecular formula is C12H26N2. The van der Waals surface area contributed by atoms with Gasteiger partial charge in [0.2, 0.25) is 0 Å². The monoisotopic (exact) mass is 198 g/mol. The Balaban J connectivity index is 1.92. The number of hydrogen-bond acceptors (Lipinski definition) is 2. The van der Waals surface area contributed by atoms with Crippen LogP contribution in [0.1, 0.15) is 58.3 Å². The van der Waals surface area contributed by atoms with Gasteiger partial charge in [0.1, 0.15) is 0 Å². The second-order valence-electron chi connectivity index (χ2n) is 4.90. The molecule has 0 radical (unpaired) electrons. The van der Waals surface area contributed by atoms with Gasteiger partial charge in [0.25, 0.3) is 0 Å². The minimum Gasteiger partial charge on any atom is -0.330 e. The molecule has 1 fully saturated rings. The summed E-state index contributed by atoms with van der Waals surface area (Å²) in [5.41, 5.74) is 5.91. The van der Waals surface area contributed by atoms with Crippen LogP contribution in [-0.2, 0) is 0 Å². The molecule has 0 aromatic rings. The Hall–Kier alpha value is -0.0800. The normalized spacial score (nSPS) is 20.1. The Kier molecular flexibility index (Phi) is 5.49. The molecule has 14 heavy (non-hydrogen) atoms. The first-order valence-corrected chi connectivity index (χ1v) is 6.22. The van der Waals surface area contributed by atoms with Crippen molar-refractivity contribution in [1.29, 1.82) is 0 Å². The standard InChI is InChI=1S/C12H26N2/c1-12(8-4-5-9-12)14-11-7-3-2-6-10-13/h14H,2-11,13H2,1H3. The molecule has 84 valence electrons. The number of nitrogens with one attached hydrogen (secondary N) is 1. The minimum atomic E-state index is 0.466. The number of rotatable bonds is 7. The highest BCUT2D eigenvalue weighted by Crippen LogP contribution is 2.28. The SMILES string of the molecule is CC1(NCCCCCCN)CCCC1. The molecule has 0 unspecified atom stereocenters. The first kappa shape index (κ1) is 12.0. The van der Waals surface area contributed by atoms with Crippen LogP contribution in [0.2, 0.25) is 0 Å². The van der Waals surface area contributed by atoms with E-state index in [1.165, 1.54) is 57.9 Å². The number of hydrogen-bond donors (Lipinski definition) is 2. The van der Waals surface area contributed by atoms with E-state index in [0.29, 0.717) is 5.54 Å². The second kappa shape index (κ2) is 6.41. The van der Waals surface area contributed by atoms with Crippen molar-refractivity contribution in [1.82, 2.24) is 5.32 Å². The molecule has 1 rings (SSSR count). The third-order valence-corrected chi connectivity index (χ3v) is 3.39. The lowest BCUT2D eigenvalue weighted by atomic mass is 10.0. The van der Waals surface area contributed by atoms with Crippen molar-refractivity contribution in [3.63, 3.8) is 0 Å². The summed E-state index contributed by atoms with van der Waals surface area (Å²) in [6, 6.07) is 0. The van der Waals surface area contributed by atoms with Gasteiger partial charge in [0, 0.05) is 5.54 Å². The molecule has 2 heteroatoms. The molecule has 0 spiro atoms. The first-order chi connectivity index (χ1) is 6.77. The van der Waals surface area contributed by atoms with E-state index < -0.39 is 0 Å². The second-order valence-corrected chi connectivity index (χ2v) is 4.90. The molecule has 0 bridgehead atoms. The summed E-state index contributed by atoms with van der Waals surface area (Å²) in [6.45, 7) is 4.42. The summed E-state index contributed by atoms with van der Waals surface area (Å²) in [6.07, 6.45) is 10.7.